The molecule has 20 heavy (non-hydrogen) atoms. The number of aromatic nitrogens is 1. The van der Waals surface area contributed by atoms with Crippen molar-refractivity contribution in [2.24, 2.45) is 5.92 Å². The van der Waals surface area contributed by atoms with Crippen LogP contribution in [0.3, 0.4) is 0 Å². The Bertz CT molecular complexity index is 503. The van der Waals surface area contributed by atoms with Crippen molar-refractivity contribution in [1.82, 2.24) is 9.47 Å². The van der Waals surface area contributed by atoms with Crippen LogP contribution >= 0.6 is 11.3 Å². The zero-order valence-corrected chi connectivity index (χ0v) is 12.9. The lowest BCUT2D eigenvalue weighted by Crippen LogP contribution is -2.36. The molecule has 1 aliphatic heterocycles. The highest BCUT2D eigenvalue weighted by Crippen LogP contribution is 2.14. The molecule has 0 aliphatic carbocycles. The van der Waals surface area contributed by atoms with Gasteiger partial charge in [0.2, 0.25) is 5.91 Å². The molecule has 1 aromatic heterocycles. The van der Waals surface area contributed by atoms with E-state index in [1.54, 1.807) is 4.57 Å². The van der Waals surface area contributed by atoms with Crippen LogP contribution in [0.25, 0.3) is 0 Å². The molecule has 6 heteroatoms. The highest BCUT2D eigenvalue weighted by molar-refractivity contribution is 7.07. The Kier molecular flexibility index (Phi) is 5.37. The molecule has 1 atom stereocenters. The molecular weight excluding hydrogens is 276 g/mol. The Hall–Kier alpha value is -1.14. The Morgan fingerprint density at radius 2 is 2.40 bits per heavy atom. The molecule has 1 unspecified atom stereocenters. The minimum absolute atomic E-state index is 0.0162. The van der Waals surface area contributed by atoms with Crippen LogP contribution < -0.4 is 4.87 Å². The zero-order chi connectivity index (χ0) is 14.5. The van der Waals surface area contributed by atoms with Crippen molar-refractivity contribution in [3.8, 4) is 0 Å². The molecule has 1 aliphatic rings. The number of nitrogens with zero attached hydrogens (tertiary/aromatic N) is 2. The maximum absolute atomic E-state index is 12.3. The van der Waals surface area contributed by atoms with Crippen LogP contribution in [0.2, 0.25) is 0 Å². The number of ether oxygens (including phenoxy) is 1. The first kappa shape index (κ1) is 15.3. The maximum Gasteiger partial charge on any atom is 0.307 e. The summed E-state index contributed by atoms with van der Waals surface area (Å²) in [6.45, 7) is 7.42. The van der Waals surface area contributed by atoms with E-state index < -0.39 is 0 Å². The second-order valence-electron chi connectivity index (χ2n) is 5.21. The normalized spacial score (nSPS) is 18.4. The smallest absolute Gasteiger partial charge is 0.307 e. The standard InChI is InChI=1S/C14H22N2O3S/c1-3-15(8-12-5-7-19-9-12)13(17)4-6-16-11(2)10-20-14(16)18/h10,12H,3-9H2,1-2H3. The van der Waals surface area contributed by atoms with Gasteiger partial charge in [-0.2, -0.15) is 0 Å². The van der Waals surface area contributed by atoms with Crippen LogP contribution in [0.1, 0.15) is 25.5 Å². The highest BCUT2D eigenvalue weighted by atomic mass is 32.1. The summed E-state index contributed by atoms with van der Waals surface area (Å²) in [7, 11) is 0. The van der Waals surface area contributed by atoms with Gasteiger partial charge < -0.3 is 14.2 Å². The van der Waals surface area contributed by atoms with E-state index in [9.17, 15) is 9.59 Å². The van der Waals surface area contributed by atoms with E-state index in [1.165, 1.54) is 11.3 Å². The van der Waals surface area contributed by atoms with Crippen molar-refractivity contribution in [3.05, 3.63) is 20.7 Å². The summed E-state index contributed by atoms with van der Waals surface area (Å²) in [5, 5.41) is 1.83. The van der Waals surface area contributed by atoms with E-state index >= 15 is 0 Å². The van der Waals surface area contributed by atoms with E-state index in [1.807, 2.05) is 24.1 Å². The van der Waals surface area contributed by atoms with E-state index in [0.717, 1.165) is 31.9 Å². The van der Waals surface area contributed by atoms with Crippen LogP contribution in [0, 0.1) is 12.8 Å². The molecule has 0 saturated carbocycles. The van der Waals surface area contributed by atoms with Crippen molar-refractivity contribution in [1.29, 1.82) is 0 Å². The highest BCUT2D eigenvalue weighted by Gasteiger charge is 2.21. The van der Waals surface area contributed by atoms with Gasteiger partial charge in [-0.3, -0.25) is 9.59 Å². The average molecular weight is 298 g/mol. The van der Waals surface area contributed by atoms with E-state index in [-0.39, 0.29) is 10.8 Å². The Morgan fingerprint density at radius 3 is 2.95 bits per heavy atom. The van der Waals surface area contributed by atoms with Gasteiger partial charge >= 0.3 is 4.87 Å². The molecule has 0 bridgehead atoms. The quantitative estimate of drug-likeness (QED) is 0.799. The Morgan fingerprint density at radius 1 is 1.60 bits per heavy atom. The third-order valence-electron chi connectivity index (χ3n) is 3.76. The number of carbonyl (C=O) groups excluding carboxylic acids is 1. The fourth-order valence-corrected chi connectivity index (χ4v) is 3.25. The largest absolute Gasteiger partial charge is 0.381 e. The van der Waals surface area contributed by atoms with Crippen LogP contribution in [0.4, 0.5) is 0 Å². The third kappa shape index (κ3) is 3.70. The first-order chi connectivity index (χ1) is 9.61. The summed E-state index contributed by atoms with van der Waals surface area (Å²) in [4.78, 5) is 25.8. The van der Waals surface area contributed by atoms with Crippen molar-refractivity contribution in [3.63, 3.8) is 0 Å². The summed E-state index contributed by atoms with van der Waals surface area (Å²) in [5.41, 5.74) is 0.931. The molecule has 1 amide bonds. The molecule has 2 rings (SSSR count). The summed E-state index contributed by atoms with van der Waals surface area (Å²) in [6, 6.07) is 0. The topological polar surface area (TPSA) is 51.5 Å². The molecule has 0 N–H and O–H groups in total. The summed E-state index contributed by atoms with van der Waals surface area (Å²) < 4.78 is 7.03. The lowest BCUT2D eigenvalue weighted by atomic mass is 10.1. The van der Waals surface area contributed by atoms with Gasteiger partial charge in [-0.05, 0) is 20.3 Å². The number of rotatable bonds is 6. The first-order valence-electron chi connectivity index (χ1n) is 7.12. The van der Waals surface area contributed by atoms with Gasteiger partial charge in [-0.15, -0.1) is 0 Å². The van der Waals surface area contributed by atoms with Gasteiger partial charge in [0.15, 0.2) is 0 Å². The Labute approximate surface area is 123 Å². The molecular formula is C14H22N2O3S. The molecule has 0 radical (unpaired) electrons. The SMILES string of the molecule is CCN(CC1CCOC1)C(=O)CCn1c(C)csc1=O. The van der Waals surface area contributed by atoms with Gasteiger partial charge in [0.25, 0.3) is 0 Å². The van der Waals surface area contributed by atoms with Crippen LogP contribution in [-0.4, -0.2) is 41.7 Å². The molecule has 1 aromatic rings. The van der Waals surface area contributed by atoms with E-state index in [2.05, 4.69) is 0 Å². The van der Waals surface area contributed by atoms with Crippen LogP contribution in [0.15, 0.2) is 10.2 Å². The lowest BCUT2D eigenvalue weighted by Gasteiger charge is -2.23. The summed E-state index contributed by atoms with van der Waals surface area (Å²) in [6.07, 6.45) is 1.42. The second-order valence-corrected chi connectivity index (χ2v) is 6.03. The zero-order valence-electron chi connectivity index (χ0n) is 12.1. The average Bonchev–Trinajstić information content (AvgIpc) is 3.05. The van der Waals surface area contributed by atoms with Gasteiger partial charge in [-0.25, -0.2) is 0 Å². The monoisotopic (exact) mass is 298 g/mol. The lowest BCUT2D eigenvalue weighted by molar-refractivity contribution is -0.131. The maximum atomic E-state index is 12.3. The second kappa shape index (κ2) is 7.04. The fraction of sp³-hybridized carbons (Fsp3) is 0.714. The summed E-state index contributed by atoms with van der Waals surface area (Å²) in [5.74, 6) is 0.585. The molecule has 2 heterocycles. The number of thiazole rings is 1. The number of amides is 1. The van der Waals surface area contributed by atoms with Gasteiger partial charge in [-0.1, -0.05) is 11.3 Å². The predicted octanol–water partition coefficient (Wildman–Crippen LogP) is 1.49. The molecule has 0 aromatic carbocycles. The number of aryl methyl sites for hydroxylation is 1. The van der Waals surface area contributed by atoms with E-state index in [0.29, 0.717) is 25.4 Å². The minimum atomic E-state index is 0.0162. The number of carbonyl (C=O) groups is 1. The number of hydrogen-bond acceptors (Lipinski definition) is 4. The van der Waals surface area contributed by atoms with Crippen molar-refractivity contribution >= 4 is 17.2 Å². The fourth-order valence-electron chi connectivity index (χ4n) is 2.49. The number of hydrogen-bond donors (Lipinski definition) is 0. The third-order valence-corrected chi connectivity index (χ3v) is 4.64. The van der Waals surface area contributed by atoms with Gasteiger partial charge in [0.05, 0.1) is 6.61 Å². The van der Waals surface area contributed by atoms with Crippen LogP contribution in [-0.2, 0) is 16.1 Å². The molecule has 112 valence electrons. The van der Waals surface area contributed by atoms with Crippen molar-refractivity contribution in [2.45, 2.75) is 33.2 Å². The molecule has 1 fully saturated rings. The van der Waals surface area contributed by atoms with Crippen molar-refractivity contribution in [2.75, 3.05) is 26.3 Å². The van der Waals surface area contributed by atoms with E-state index in [4.69, 9.17) is 4.74 Å². The minimum Gasteiger partial charge on any atom is -0.381 e. The van der Waals surface area contributed by atoms with Gasteiger partial charge in [0.1, 0.15) is 0 Å². The molecule has 5 nitrogen and oxygen atoms in total. The Balaban J connectivity index is 1.87. The van der Waals surface area contributed by atoms with Crippen LogP contribution in [0.5, 0.6) is 0 Å². The predicted molar refractivity (Wildman–Crippen MR) is 79.1 cm³/mol. The van der Waals surface area contributed by atoms with Crippen molar-refractivity contribution < 1.29 is 9.53 Å². The molecule has 1 saturated heterocycles. The summed E-state index contributed by atoms with van der Waals surface area (Å²) >= 11 is 1.19. The first-order valence-corrected chi connectivity index (χ1v) is 8.00. The molecule has 0 spiro atoms. The van der Waals surface area contributed by atoms with Gasteiger partial charge in [0, 0.05) is 49.7 Å².